The highest BCUT2D eigenvalue weighted by molar-refractivity contribution is 5.78. The van der Waals surface area contributed by atoms with Crippen LogP contribution in [-0.4, -0.2) is 16.2 Å². The van der Waals surface area contributed by atoms with Crippen LogP contribution in [0.15, 0.2) is 36.4 Å². The zero-order valence-electron chi connectivity index (χ0n) is 9.14. The van der Waals surface area contributed by atoms with E-state index in [1.165, 1.54) is 0 Å². The van der Waals surface area contributed by atoms with Crippen molar-refractivity contribution in [2.45, 2.75) is 19.4 Å². The molecule has 1 atom stereocenters. The van der Waals surface area contributed by atoms with Crippen molar-refractivity contribution in [1.29, 1.82) is 0 Å². The highest BCUT2D eigenvalue weighted by atomic mass is 16.3. The van der Waals surface area contributed by atoms with Crippen molar-refractivity contribution in [2.75, 3.05) is 0 Å². The number of rotatable bonds is 1. The summed E-state index contributed by atoms with van der Waals surface area (Å²) < 4.78 is 0. The number of fused-ring (bicyclic) bond motifs is 1. The van der Waals surface area contributed by atoms with Gasteiger partial charge in [-0.05, 0) is 25.0 Å². The van der Waals surface area contributed by atoms with E-state index in [1.807, 2.05) is 36.4 Å². The zero-order chi connectivity index (χ0) is 11.4. The smallest absolute Gasteiger partial charge is 0.113 e. The molecule has 0 saturated heterocycles. The Kier molecular flexibility index (Phi) is 3.19. The van der Waals surface area contributed by atoms with Crippen LogP contribution < -0.4 is 0 Å². The monoisotopic (exact) mass is 211 g/mol. The highest BCUT2D eigenvalue weighted by Gasteiger charge is 1.94. The van der Waals surface area contributed by atoms with Crippen LogP contribution in [0.1, 0.15) is 19.0 Å². The van der Waals surface area contributed by atoms with Crippen LogP contribution in [0.3, 0.4) is 0 Å². The Balaban J connectivity index is 2.28. The Morgan fingerprint density at radius 3 is 2.88 bits per heavy atom. The number of aliphatic hydroxyl groups is 1. The molecule has 1 heterocycles. The fourth-order valence-corrected chi connectivity index (χ4v) is 1.42. The number of aromatic nitrogens is 1. The molecule has 0 radical (unpaired) electrons. The standard InChI is InChI=1S/C14H13NO/c1-11(16)5-4-7-13-10-9-12-6-2-3-8-14(12)15-13/h2-3,6,8-11,16H,5H2,1H3. The maximum atomic E-state index is 9.08. The maximum absolute atomic E-state index is 9.08. The van der Waals surface area contributed by atoms with Crippen molar-refractivity contribution in [3.63, 3.8) is 0 Å². The molecule has 2 heteroatoms. The quantitative estimate of drug-likeness (QED) is 0.734. The number of pyridine rings is 1. The summed E-state index contributed by atoms with van der Waals surface area (Å²) in [6.07, 6.45) is 0.0991. The number of aliphatic hydroxyl groups excluding tert-OH is 1. The number of nitrogens with zero attached hydrogens (tertiary/aromatic N) is 1. The van der Waals surface area contributed by atoms with Crippen LogP contribution in [0.2, 0.25) is 0 Å². The molecule has 0 aliphatic rings. The molecule has 0 bridgehead atoms. The van der Waals surface area contributed by atoms with Gasteiger partial charge in [0.25, 0.3) is 0 Å². The second-order valence-electron chi connectivity index (χ2n) is 3.74. The molecule has 0 aliphatic carbocycles. The first-order valence-electron chi connectivity index (χ1n) is 5.28. The summed E-state index contributed by atoms with van der Waals surface area (Å²) in [5, 5.41) is 10.2. The maximum Gasteiger partial charge on any atom is 0.113 e. The molecule has 16 heavy (non-hydrogen) atoms. The van der Waals surface area contributed by atoms with E-state index < -0.39 is 0 Å². The molecule has 0 amide bonds. The lowest BCUT2D eigenvalue weighted by Crippen LogP contribution is -1.95. The van der Waals surface area contributed by atoms with Crippen molar-refractivity contribution in [1.82, 2.24) is 4.98 Å². The number of para-hydroxylation sites is 1. The van der Waals surface area contributed by atoms with E-state index in [4.69, 9.17) is 5.11 Å². The van der Waals surface area contributed by atoms with Gasteiger partial charge in [0.05, 0.1) is 11.6 Å². The average Bonchev–Trinajstić information content (AvgIpc) is 2.28. The van der Waals surface area contributed by atoms with Gasteiger partial charge in [0.15, 0.2) is 0 Å². The summed E-state index contributed by atoms with van der Waals surface area (Å²) >= 11 is 0. The van der Waals surface area contributed by atoms with Gasteiger partial charge in [-0.1, -0.05) is 30.2 Å². The molecule has 0 saturated carbocycles. The Labute approximate surface area is 95.0 Å². The van der Waals surface area contributed by atoms with E-state index in [0.29, 0.717) is 6.42 Å². The van der Waals surface area contributed by atoms with E-state index in [-0.39, 0.29) is 6.10 Å². The van der Waals surface area contributed by atoms with Crippen molar-refractivity contribution in [3.8, 4) is 11.8 Å². The van der Waals surface area contributed by atoms with Crippen LogP contribution in [0.4, 0.5) is 0 Å². The first-order valence-corrected chi connectivity index (χ1v) is 5.28. The van der Waals surface area contributed by atoms with Gasteiger partial charge in [-0.15, -0.1) is 0 Å². The second-order valence-corrected chi connectivity index (χ2v) is 3.74. The third kappa shape index (κ3) is 2.59. The van der Waals surface area contributed by atoms with Gasteiger partial charge in [0, 0.05) is 11.8 Å². The molecule has 80 valence electrons. The SMILES string of the molecule is CC(O)CC#Cc1ccc2ccccc2n1. The van der Waals surface area contributed by atoms with Crippen molar-refractivity contribution in [2.24, 2.45) is 0 Å². The molecular formula is C14H13NO. The van der Waals surface area contributed by atoms with Crippen molar-refractivity contribution in [3.05, 3.63) is 42.1 Å². The minimum atomic E-state index is -0.382. The van der Waals surface area contributed by atoms with Crippen molar-refractivity contribution < 1.29 is 5.11 Å². The molecule has 2 rings (SSSR count). The van der Waals surface area contributed by atoms with Crippen LogP contribution in [0.25, 0.3) is 10.9 Å². The van der Waals surface area contributed by atoms with Gasteiger partial charge in [-0.2, -0.15) is 0 Å². The summed E-state index contributed by atoms with van der Waals surface area (Å²) in [6.45, 7) is 1.72. The number of benzene rings is 1. The second kappa shape index (κ2) is 4.78. The largest absolute Gasteiger partial charge is 0.392 e. The topological polar surface area (TPSA) is 33.1 Å². The molecule has 0 fully saturated rings. The highest BCUT2D eigenvalue weighted by Crippen LogP contribution is 2.10. The third-order valence-electron chi connectivity index (χ3n) is 2.21. The molecule has 0 aliphatic heterocycles. The van der Waals surface area contributed by atoms with Gasteiger partial charge >= 0.3 is 0 Å². The van der Waals surface area contributed by atoms with Crippen LogP contribution >= 0.6 is 0 Å². The Hall–Kier alpha value is -1.85. The molecular weight excluding hydrogens is 198 g/mol. The Morgan fingerprint density at radius 2 is 2.06 bits per heavy atom. The average molecular weight is 211 g/mol. The zero-order valence-corrected chi connectivity index (χ0v) is 9.14. The van der Waals surface area contributed by atoms with Crippen LogP contribution in [-0.2, 0) is 0 Å². The van der Waals surface area contributed by atoms with Crippen LogP contribution in [0, 0.1) is 11.8 Å². The molecule has 1 aromatic carbocycles. The Morgan fingerprint density at radius 1 is 1.25 bits per heavy atom. The molecule has 1 aromatic heterocycles. The predicted octanol–water partition coefficient (Wildman–Crippen LogP) is 2.36. The fraction of sp³-hybridized carbons (Fsp3) is 0.214. The van der Waals surface area contributed by atoms with Gasteiger partial charge in [-0.25, -0.2) is 4.98 Å². The van der Waals surface area contributed by atoms with E-state index in [1.54, 1.807) is 6.92 Å². The van der Waals surface area contributed by atoms with Gasteiger partial charge < -0.3 is 5.11 Å². The van der Waals surface area contributed by atoms with E-state index in [0.717, 1.165) is 16.6 Å². The lowest BCUT2D eigenvalue weighted by Gasteiger charge is -1.97. The molecule has 2 aromatic rings. The summed E-state index contributed by atoms with van der Waals surface area (Å²) in [4.78, 5) is 4.42. The molecule has 1 unspecified atom stereocenters. The summed E-state index contributed by atoms with van der Waals surface area (Å²) in [6, 6.07) is 11.8. The van der Waals surface area contributed by atoms with Crippen LogP contribution in [0.5, 0.6) is 0 Å². The van der Waals surface area contributed by atoms with E-state index in [2.05, 4.69) is 16.8 Å². The lowest BCUT2D eigenvalue weighted by atomic mass is 10.2. The minimum Gasteiger partial charge on any atom is -0.392 e. The summed E-state index contributed by atoms with van der Waals surface area (Å²) in [5.41, 5.74) is 1.70. The normalized spacial score (nSPS) is 11.9. The molecule has 1 N–H and O–H groups in total. The first kappa shape index (κ1) is 10.7. The third-order valence-corrected chi connectivity index (χ3v) is 2.21. The molecule has 2 nitrogen and oxygen atoms in total. The van der Waals surface area contributed by atoms with Gasteiger partial charge in [0.2, 0.25) is 0 Å². The van der Waals surface area contributed by atoms with Crippen molar-refractivity contribution >= 4 is 10.9 Å². The lowest BCUT2D eigenvalue weighted by molar-refractivity contribution is 0.201. The summed E-state index contributed by atoms with van der Waals surface area (Å²) in [5.74, 6) is 5.85. The first-order chi connectivity index (χ1) is 7.75. The van der Waals surface area contributed by atoms with E-state index >= 15 is 0 Å². The Bertz CT molecular complexity index is 549. The molecule has 0 spiro atoms. The van der Waals surface area contributed by atoms with Gasteiger partial charge in [0.1, 0.15) is 5.69 Å². The number of hydrogen-bond donors (Lipinski definition) is 1. The number of hydrogen-bond acceptors (Lipinski definition) is 2. The minimum absolute atomic E-state index is 0.382. The summed E-state index contributed by atoms with van der Waals surface area (Å²) in [7, 11) is 0. The fourth-order valence-electron chi connectivity index (χ4n) is 1.42. The van der Waals surface area contributed by atoms with E-state index in [9.17, 15) is 0 Å². The predicted molar refractivity (Wildman–Crippen MR) is 64.9 cm³/mol. The van der Waals surface area contributed by atoms with Gasteiger partial charge in [-0.3, -0.25) is 0 Å².